The highest BCUT2D eigenvalue weighted by molar-refractivity contribution is 8.00. The molecule has 0 aliphatic carbocycles. The van der Waals surface area contributed by atoms with Gasteiger partial charge in [0.05, 0.1) is 12.1 Å². The van der Waals surface area contributed by atoms with E-state index in [9.17, 15) is 19.5 Å². The van der Waals surface area contributed by atoms with Crippen molar-refractivity contribution in [3.8, 4) is 5.75 Å². The first-order valence-electron chi connectivity index (χ1n) is 10.1. The van der Waals surface area contributed by atoms with Crippen molar-refractivity contribution in [2.45, 2.75) is 24.1 Å². The number of aliphatic hydroxyl groups is 1. The number of carbonyl (C=O) groups is 3. The summed E-state index contributed by atoms with van der Waals surface area (Å²) >= 11 is 7.58. The van der Waals surface area contributed by atoms with Crippen LogP contribution in [0, 0.1) is 0 Å². The van der Waals surface area contributed by atoms with E-state index in [0.29, 0.717) is 11.3 Å². The van der Waals surface area contributed by atoms with Crippen molar-refractivity contribution in [3.63, 3.8) is 0 Å². The van der Waals surface area contributed by atoms with Gasteiger partial charge >= 0.3 is 5.97 Å². The number of amides is 2. The Kier molecular flexibility index (Phi) is 6.92. The van der Waals surface area contributed by atoms with Gasteiger partial charge in [-0.05, 0) is 23.3 Å². The minimum atomic E-state index is -1.41. The second kappa shape index (κ2) is 9.86. The molecule has 10 heteroatoms. The third kappa shape index (κ3) is 4.71. The summed E-state index contributed by atoms with van der Waals surface area (Å²) in [7, 11) is 1.56. The summed E-state index contributed by atoms with van der Waals surface area (Å²) in [5.41, 5.74) is 1.14. The molecule has 2 amide bonds. The second-order valence-electron chi connectivity index (χ2n) is 7.39. The number of nitrogens with one attached hydrogen (secondary N) is 1. The first-order valence-corrected chi connectivity index (χ1v) is 11.5. The minimum Gasteiger partial charge on any atom is -0.497 e. The molecule has 1 unspecified atom stereocenters. The van der Waals surface area contributed by atoms with E-state index in [0.717, 1.165) is 5.56 Å². The molecule has 4 rings (SSSR count). The maximum Gasteiger partial charge on any atom is 0.356 e. The first kappa shape index (κ1) is 23.2. The predicted octanol–water partition coefficient (Wildman–Crippen LogP) is 2.32. The Morgan fingerprint density at radius 1 is 1.21 bits per heavy atom. The highest BCUT2D eigenvalue weighted by Crippen LogP contribution is 2.42. The van der Waals surface area contributed by atoms with Crippen LogP contribution < -0.4 is 10.1 Å². The number of thioether (sulfide) groups is 1. The Morgan fingerprint density at radius 2 is 1.91 bits per heavy atom. The van der Waals surface area contributed by atoms with E-state index in [1.807, 2.05) is 0 Å². The van der Waals surface area contributed by atoms with Crippen LogP contribution in [0.4, 0.5) is 0 Å². The summed E-state index contributed by atoms with van der Waals surface area (Å²) < 4.78 is 10.5. The van der Waals surface area contributed by atoms with Crippen molar-refractivity contribution in [1.29, 1.82) is 0 Å². The molecule has 2 heterocycles. The third-order valence-corrected chi connectivity index (χ3v) is 7.06. The largest absolute Gasteiger partial charge is 0.497 e. The lowest BCUT2D eigenvalue weighted by Crippen LogP contribution is -2.70. The molecule has 33 heavy (non-hydrogen) atoms. The van der Waals surface area contributed by atoms with Crippen molar-refractivity contribution in [3.05, 3.63) is 76.5 Å². The van der Waals surface area contributed by atoms with Gasteiger partial charge in [-0.3, -0.25) is 14.5 Å². The average Bonchev–Trinajstić information content (AvgIpc) is 2.85. The summed E-state index contributed by atoms with van der Waals surface area (Å²) in [5.74, 6) is -0.932. The molecule has 8 nitrogen and oxygen atoms in total. The number of carbonyl (C=O) groups excluding carboxylic acids is 3. The molecule has 0 bridgehead atoms. The number of halogens is 1. The molecule has 2 N–H and O–H groups in total. The molecular weight excluding hydrogens is 468 g/mol. The van der Waals surface area contributed by atoms with Crippen LogP contribution in [0.1, 0.15) is 17.2 Å². The summed E-state index contributed by atoms with van der Waals surface area (Å²) in [6, 6.07) is 14.6. The highest BCUT2D eigenvalue weighted by atomic mass is 35.5. The fourth-order valence-electron chi connectivity index (χ4n) is 3.53. The summed E-state index contributed by atoms with van der Waals surface area (Å²) in [6.07, 6.45) is -1.41. The van der Waals surface area contributed by atoms with Crippen LogP contribution in [0.25, 0.3) is 0 Å². The lowest BCUT2D eigenvalue weighted by atomic mass is 10.0. The molecule has 172 valence electrons. The average molecular weight is 489 g/mol. The fraction of sp³-hybridized carbons (Fsp3) is 0.261. The second-order valence-corrected chi connectivity index (χ2v) is 8.95. The lowest BCUT2D eigenvalue weighted by molar-refractivity contribution is -0.154. The Morgan fingerprint density at radius 3 is 2.58 bits per heavy atom. The van der Waals surface area contributed by atoms with Gasteiger partial charge in [0.25, 0.3) is 11.8 Å². The lowest BCUT2D eigenvalue weighted by Gasteiger charge is -2.49. The summed E-state index contributed by atoms with van der Waals surface area (Å²) in [6.45, 7) is -0.000229. The number of nitrogens with zero attached hydrogens (tertiary/aromatic N) is 1. The first-order chi connectivity index (χ1) is 15.9. The van der Waals surface area contributed by atoms with Crippen molar-refractivity contribution < 1.29 is 29.0 Å². The zero-order valence-corrected chi connectivity index (χ0v) is 19.1. The minimum absolute atomic E-state index is 0.000229. The quantitative estimate of drug-likeness (QED) is 0.455. The normalized spacial score (nSPS) is 20.5. The van der Waals surface area contributed by atoms with Crippen molar-refractivity contribution in [1.82, 2.24) is 10.2 Å². The van der Waals surface area contributed by atoms with Crippen LogP contribution in [-0.2, 0) is 25.7 Å². The van der Waals surface area contributed by atoms with Gasteiger partial charge in [0, 0.05) is 5.75 Å². The molecule has 2 aromatic rings. The molecular formula is C23H21ClN2O6S. The summed E-state index contributed by atoms with van der Waals surface area (Å²) in [5, 5.41) is 12.5. The molecule has 1 saturated heterocycles. The highest BCUT2D eigenvalue weighted by Gasteiger charge is 2.54. The van der Waals surface area contributed by atoms with Crippen LogP contribution in [0.3, 0.4) is 0 Å². The standard InChI is InChI=1S/C23H21ClN2O6S/c1-31-15-9-7-13(8-10-15)11-32-23(30)18-16(24)12-33-22-17(21(29)26(18)22)25-20(28)19(27)14-5-3-2-4-6-14/h2-10,17,19,22,27H,11-12H2,1H3,(H,25,28)/t17?,19-,22-/m1/s1. The molecule has 2 aliphatic rings. The number of rotatable bonds is 7. The van der Waals surface area contributed by atoms with Gasteiger partial charge in [0.15, 0.2) is 6.10 Å². The number of benzene rings is 2. The number of methoxy groups -OCH3 is 1. The van der Waals surface area contributed by atoms with E-state index >= 15 is 0 Å². The molecule has 0 saturated carbocycles. The molecule has 1 fully saturated rings. The van der Waals surface area contributed by atoms with Gasteiger partial charge in [-0.15, -0.1) is 11.8 Å². The Balaban J connectivity index is 1.40. The van der Waals surface area contributed by atoms with Gasteiger partial charge in [0.2, 0.25) is 0 Å². The zero-order valence-electron chi connectivity index (χ0n) is 17.6. The number of β-lactam (4-membered cyclic amide) rings is 1. The van der Waals surface area contributed by atoms with Crippen LogP contribution >= 0.6 is 23.4 Å². The van der Waals surface area contributed by atoms with E-state index in [-0.39, 0.29) is 23.1 Å². The summed E-state index contributed by atoms with van der Waals surface area (Å²) in [4.78, 5) is 39.3. The Labute approximate surface area is 199 Å². The van der Waals surface area contributed by atoms with Crippen molar-refractivity contribution >= 4 is 41.1 Å². The van der Waals surface area contributed by atoms with Gasteiger partial charge < -0.3 is 19.9 Å². The van der Waals surface area contributed by atoms with Gasteiger partial charge in [-0.25, -0.2) is 4.79 Å². The van der Waals surface area contributed by atoms with Gasteiger partial charge in [-0.2, -0.15) is 0 Å². The van der Waals surface area contributed by atoms with E-state index in [1.54, 1.807) is 61.7 Å². The topological polar surface area (TPSA) is 105 Å². The van der Waals surface area contributed by atoms with Crippen LogP contribution in [-0.4, -0.2) is 52.1 Å². The van der Waals surface area contributed by atoms with E-state index < -0.39 is 35.3 Å². The number of fused-ring (bicyclic) bond motifs is 1. The molecule has 2 aliphatic heterocycles. The third-order valence-electron chi connectivity index (χ3n) is 5.31. The van der Waals surface area contributed by atoms with Crippen LogP contribution in [0.15, 0.2) is 65.3 Å². The number of hydrogen-bond donors (Lipinski definition) is 2. The fourth-order valence-corrected chi connectivity index (χ4v) is 5.08. The molecule has 0 radical (unpaired) electrons. The molecule has 0 aromatic heterocycles. The van der Waals surface area contributed by atoms with Gasteiger partial charge in [0.1, 0.15) is 29.5 Å². The van der Waals surface area contributed by atoms with E-state index in [2.05, 4.69) is 5.32 Å². The SMILES string of the molecule is COc1ccc(COC(=O)C2=C(Cl)CS[C@@H]3C(NC(=O)[C@H](O)c4ccccc4)C(=O)N23)cc1. The zero-order chi connectivity index (χ0) is 23.5. The number of esters is 1. The van der Waals surface area contributed by atoms with Gasteiger partial charge in [-0.1, -0.05) is 54.1 Å². The maximum atomic E-state index is 12.8. The smallest absolute Gasteiger partial charge is 0.356 e. The predicted molar refractivity (Wildman–Crippen MR) is 122 cm³/mol. The molecule has 0 spiro atoms. The van der Waals surface area contributed by atoms with Crippen LogP contribution in [0.2, 0.25) is 0 Å². The number of hydrogen-bond acceptors (Lipinski definition) is 7. The number of ether oxygens (including phenoxy) is 2. The van der Waals surface area contributed by atoms with E-state index in [1.165, 1.54) is 16.7 Å². The molecule has 2 aromatic carbocycles. The number of aliphatic hydroxyl groups excluding tert-OH is 1. The molecule has 3 atom stereocenters. The Hall–Kier alpha value is -3.01. The monoisotopic (exact) mass is 488 g/mol. The van der Waals surface area contributed by atoms with Crippen LogP contribution in [0.5, 0.6) is 5.75 Å². The maximum absolute atomic E-state index is 12.8. The van der Waals surface area contributed by atoms with Crippen molar-refractivity contribution in [2.75, 3.05) is 12.9 Å². The Bertz CT molecular complexity index is 1090. The van der Waals surface area contributed by atoms with E-state index in [4.69, 9.17) is 21.1 Å². The van der Waals surface area contributed by atoms with Crippen molar-refractivity contribution in [2.24, 2.45) is 0 Å².